The molecule has 0 fully saturated rings. The van der Waals surface area contributed by atoms with Gasteiger partial charge in [0.1, 0.15) is 18.1 Å². The molecule has 15 nitrogen and oxygen atoms in total. The average molecular weight is 461 g/mol. The van der Waals surface area contributed by atoms with Crippen molar-refractivity contribution in [1.29, 1.82) is 0 Å². The van der Waals surface area contributed by atoms with Crippen molar-refractivity contribution in [2.24, 2.45) is 17.4 Å². The summed E-state index contributed by atoms with van der Waals surface area (Å²) in [6.45, 7) is 2.98. The highest BCUT2D eigenvalue weighted by Crippen LogP contribution is 2.06. The summed E-state index contributed by atoms with van der Waals surface area (Å²) in [6, 6.07) is -6.29. The van der Waals surface area contributed by atoms with Gasteiger partial charge in [0.05, 0.1) is 25.3 Å². The van der Waals surface area contributed by atoms with Gasteiger partial charge in [0.2, 0.25) is 23.6 Å². The summed E-state index contributed by atoms with van der Waals surface area (Å²) in [5.41, 5.74) is 10.5. The number of carboxylic acid groups (broad SMARTS) is 3. The van der Waals surface area contributed by atoms with Crippen molar-refractivity contribution < 1.29 is 48.9 Å². The van der Waals surface area contributed by atoms with Gasteiger partial charge in [0.15, 0.2) is 0 Å². The molecule has 0 heterocycles. The first-order chi connectivity index (χ1) is 14.6. The zero-order chi connectivity index (χ0) is 25.2. The Morgan fingerprint density at radius 1 is 0.719 bits per heavy atom. The molecule has 0 aromatic rings. The maximum atomic E-state index is 12.6. The highest BCUT2D eigenvalue weighted by molar-refractivity contribution is 5.97. The van der Waals surface area contributed by atoms with E-state index in [0.29, 0.717) is 0 Å². The zero-order valence-electron chi connectivity index (χ0n) is 17.4. The van der Waals surface area contributed by atoms with E-state index in [-0.39, 0.29) is 0 Å². The number of carboxylic acids is 3. The fraction of sp³-hybridized carbons (Fsp3) is 0.588. The van der Waals surface area contributed by atoms with Crippen LogP contribution >= 0.6 is 0 Å². The molecule has 0 radical (unpaired) electrons. The summed E-state index contributed by atoms with van der Waals surface area (Å²) < 4.78 is 0. The van der Waals surface area contributed by atoms with Crippen LogP contribution in [-0.2, 0) is 33.6 Å². The minimum atomic E-state index is -1.77. The molecule has 180 valence electrons. The highest BCUT2D eigenvalue weighted by atomic mass is 16.4. The topological polar surface area (TPSA) is 268 Å². The Bertz CT molecular complexity index is 769. The number of aliphatic carboxylic acids is 3. The van der Waals surface area contributed by atoms with Crippen molar-refractivity contribution in [3.05, 3.63) is 0 Å². The Kier molecular flexibility index (Phi) is 11.3. The van der Waals surface area contributed by atoms with Crippen molar-refractivity contribution in [2.45, 2.75) is 57.3 Å². The molecule has 15 heteroatoms. The lowest BCUT2D eigenvalue weighted by atomic mass is 10.0. The van der Waals surface area contributed by atoms with E-state index in [0.717, 1.165) is 0 Å². The average Bonchev–Trinajstić information content (AvgIpc) is 2.62. The van der Waals surface area contributed by atoms with Crippen LogP contribution in [0.1, 0.15) is 33.1 Å². The lowest BCUT2D eigenvalue weighted by Crippen LogP contribution is -2.59. The summed E-state index contributed by atoms with van der Waals surface area (Å²) in [4.78, 5) is 81.0. The number of hydrogen-bond acceptors (Lipinski definition) is 8. The molecule has 0 aliphatic carbocycles. The predicted octanol–water partition coefficient (Wildman–Crippen LogP) is -3.67. The number of primary amides is 1. The van der Waals surface area contributed by atoms with Gasteiger partial charge in [0.25, 0.3) is 0 Å². The van der Waals surface area contributed by atoms with Gasteiger partial charge >= 0.3 is 17.9 Å². The molecule has 0 spiro atoms. The van der Waals surface area contributed by atoms with Crippen molar-refractivity contribution in [3.8, 4) is 0 Å². The Labute approximate surface area is 181 Å². The van der Waals surface area contributed by atoms with E-state index in [1.54, 1.807) is 0 Å². The maximum Gasteiger partial charge on any atom is 0.326 e. The molecule has 0 aliphatic heterocycles. The summed E-state index contributed by atoms with van der Waals surface area (Å²) in [5.74, 6) is -9.24. The number of nitrogens with one attached hydrogen (secondary N) is 3. The van der Waals surface area contributed by atoms with Gasteiger partial charge < -0.3 is 42.7 Å². The minimum absolute atomic E-state index is 0.627. The van der Waals surface area contributed by atoms with E-state index < -0.39 is 90.9 Å². The number of amides is 4. The van der Waals surface area contributed by atoms with Crippen LogP contribution in [-0.4, -0.2) is 81.0 Å². The SMILES string of the molecule is CC(C)C(NC(=O)C(CC(N)=O)NC(=O)C(N)CC(=O)O)C(=O)NC(CC(=O)O)C(=O)O. The Hall–Kier alpha value is -3.75. The monoisotopic (exact) mass is 461 g/mol. The smallest absolute Gasteiger partial charge is 0.326 e. The number of carbonyl (C=O) groups excluding carboxylic acids is 4. The molecule has 0 bridgehead atoms. The van der Waals surface area contributed by atoms with Gasteiger partial charge in [-0.25, -0.2) is 4.79 Å². The Morgan fingerprint density at radius 2 is 1.22 bits per heavy atom. The summed E-state index contributed by atoms with van der Waals surface area (Å²) in [6.07, 6.45) is -2.38. The number of nitrogens with two attached hydrogens (primary N) is 2. The van der Waals surface area contributed by atoms with Crippen LogP contribution < -0.4 is 27.4 Å². The largest absolute Gasteiger partial charge is 0.481 e. The van der Waals surface area contributed by atoms with Crippen LogP contribution in [0, 0.1) is 5.92 Å². The van der Waals surface area contributed by atoms with E-state index in [4.69, 9.17) is 26.8 Å². The van der Waals surface area contributed by atoms with Gasteiger partial charge in [-0.05, 0) is 5.92 Å². The van der Waals surface area contributed by atoms with E-state index in [1.165, 1.54) is 13.8 Å². The Morgan fingerprint density at radius 3 is 1.62 bits per heavy atom. The first kappa shape index (κ1) is 28.2. The third kappa shape index (κ3) is 10.3. The quantitative estimate of drug-likeness (QED) is 0.125. The fourth-order valence-electron chi connectivity index (χ4n) is 2.40. The van der Waals surface area contributed by atoms with Gasteiger partial charge in [-0.2, -0.15) is 0 Å². The van der Waals surface area contributed by atoms with Crippen LogP contribution in [0.4, 0.5) is 0 Å². The fourth-order valence-corrected chi connectivity index (χ4v) is 2.40. The van der Waals surface area contributed by atoms with Crippen molar-refractivity contribution in [2.75, 3.05) is 0 Å². The van der Waals surface area contributed by atoms with Crippen LogP contribution in [0.3, 0.4) is 0 Å². The van der Waals surface area contributed by atoms with Crippen molar-refractivity contribution >= 4 is 41.5 Å². The summed E-state index contributed by atoms with van der Waals surface area (Å²) in [7, 11) is 0. The molecule has 0 saturated heterocycles. The number of rotatable bonds is 14. The molecular weight excluding hydrogens is 434 g/mol. The second-order valence-corrected chi connectivity index (χ2v) is 7.16. The van der Waals surface area contributed by atoms with Gasteiger partial charge in [-0.1, -0.05) is 13.8 Å². The highest BCUT2D eigenvalue weighted by Gasteiger charge is 2.33. The number of carbonyl (C=O) groups is 7. The van der Waals surface area contributed by atoms with Crippen LogP contribution in [0.2, 0.25) is 0 Å². The standard InChI is InChI=1S/C17H27N5O10/c1-6(2)13(16(30)21-9(17(31)32)5-12(26)27)22-15(29)8(4-10(19)23)20-14(28)7(18)3-11(24)25/h6-9,13H,3-5,18H2,1-2H3,(H2,19,23)(H,20,28)(H,21,30)(H,22,29)(H,24,25)(H,26,27)(H,31,32). The van der Waals surface area contributed by atoms with E-state index in [9.17, 15) is 33.6 Å². The van der Waals surface area contributed by atoms with Gasteiger partial charge in [-0.15, -0.1) is 0 Å². The molecule has 32 heavy (non-hydrogen) atoms. The molecule has 0 aliphatic rings. The first-order valence-electron chi connectivity index (χ1n) is 9.27. The van der Waals surface area contributed by atoms with E-state index >= 15 is 0 Å². The predicted molar refractivity (Wildman–Crippen MR) is 105 cm³/mol. The molecule has 4 amide bonds. The van der Waals surface area contributed by atoms with Gasteiger partial charge in [-0.3, -0.25) is 28.8 Å². The molecule has 4 unspecified atom stereocenters. The molecule has 4 atom stereocenters. The third-order valence-corrected chi connectivity index (χ3v) is 4.01. The van der Waals surface area contributed by atoms with Crippen LogP contribution in [0.15, 0.2) is 0 Å². The second kappa shape index (κ2) is 12.8. The zero-order valence-corrected chi connectivity index (χ0v) is 17.4. The van der Waals surface area contributed by atoms with Gasteiger partial charge in [0, 0.05) is 0 Å². The minimum Gasteiger partial charge on any atom is -0.481 e. The first-order valence-corrected chi connectivity index (χ1v) is 9.27. The van der Waals surface area contributed by atoms with E-state index in [2.05, 4.69) is 10.6 Å². The molecule has 0 aromatic carbocycles. The Balaban J connectivity index is 5.47. The molecule has 10 N–H and O–H groups in total. The molecule has 0 rings (SSSR count). The van der Waals surface area contributed by atoms with E-state index in [1.807, 2.05) is 5.32 Å². The van der Waals surface area contributed by atoms with Crippen molar-refractivity contribution in [3.63, 3.8) is 0 Å². The normalized spacial score (nSPS) is 14.4. The molecular formula is C17H27N5O10. The van der Waals surface area contributed by atoms with Crippen molar-refractivity contribution in [1.82, 2.24) is 16.0 Å². The second-order valence-electron chi connectivity index (χ2n) is 7.16. The molecule has 0 saturated carbocycles. The lowest BCUT2D eigenvalue weighted by molar-refractivity contribution is -0.147. The maximum absolute atomic E-state index is 12.6. The van der Waals surface area contributed by atoms with Crippen LogP contribution in [0.25, 0.3) is 0 Å². The van der Waals surface area contributed by atoms with Crippen LogP contribution in [0.5, 0.6) is 0 Å². The summed E-state index contributed by atoms with van der Waals surface area (Å²) >= 11 is 0. The number of hydrogen-bond donors (Lipinski definition) is 8. The molecule has 0 aromatic heterocycles. The lowest BCUT2D eigenvalue weighted by Gasteiger charge is -2.26. The third-order valence-electron chi connectivity index (χ3n) is 4.01. The summed E-state index contributed by atoms with van der Waals surface area (Å²) in [5, 5.41) is 32.8.